The van der Waals surface area contributed by atoms with Crippen LogP contribution in [0.4, 0.5) is 39.5 Å². The molecule has 0 spiro atoms. The molecule has 0 amide bonds. The lowest BCUT2D eigenvalue weighted by molar-refractivity contribution is -0.369. The van der Waals surface area contributed by atoms with Crippen molar-refractivity contribution in [2.75, 3.05) is 0 Å². The number of hydrogen-bond acceptors (Lipinski definition) is 0. The third kappa shape index (κ3) is 1.91. The van der Waals surface area contributed by atoms with E-state index in [9.17, 15) is 39.5 Å². The van der Waals surface area contributed by atoms with Crippen LogP contribution in [-0.2, 0) is 0 Å². The number of allylic oxidation sites excluding steroid dienone is 1. The van der Waals surface area contributed by atoms with Gasteiger partial charge < -0.3 is 0 Å². The maximum atomic E-state index is 12.6. The molecule has 0 saturated carbocycles. The van der Waals surface area contributed by atoms with Crippen molar-refractivity contribution in [1.29, 1.82) is 0 Å². The molecule has 0 aromatic rings. The maximum absolute atomic E-state index is 12.6. The van der Waals surface area contributed by atoms with E-state index in [-0.39, 0.29) is 0 Å². The summed E-state index contributed by atoms with van der Waals surface area (Å²) in [7, 11) is 0. The second-order valence-electron chi connectivity index (χ2n) is 2.49. The predicted molar refractivity (Wildman–Crippen MR) is 31.1 cm³/mol. The molecule has 1 unspecified atom stereocenters. The van der Waals surface area contributed by atoms with Crippen molar-refractivity contribution in [1.82, 2.24) is 0 Å². The van der Waals surface area contributed by atoms with Gasteiger partial charge in [-0.15, -0.1) is 0 Å². The quantitative estimate of drug-likeness (QED) is 0.515. The van der Waals surface area contributed by atoms with Crippen molar-refractivity contribution in [3.63, 3.8) is 0 Å². The summed E-state index contributed by atoms with van der Waals surface area (Å²) in [5.41, 5.74) is -5.84. The van der Waals surface area contributed by atoms with Crippen LogP contribution in [0.3, 0.4) is 0 Å². The number of alkyl halides is 9. The van der Waals surface area contributed by atoms with Crippen LogP contribution in [0, 0.1) is 0 Å². The van der Waals surface area contributed by atoms with Gasteiger partial charge in [0.2, 0.25) is 0 Å². The first-order valence-electron chi connectivity index (χ1n) is 3.15. The third-order valence-electron chi connectivity index (χ3n) is 1.51. The lowest BCUT2D eigenvalue weighted by Crippen LogP contribution is -2.60. The second-order valence-corrected chi connectivity index (χ2v) is 2.49. The van der Waals surface area contributed by atoms with Gasteiger partial charge in [0.05, 0.1) is 0 Å². The van der Waals surface area contributed by atoms with Crippen molar-refractivity contribution in [3.05, 3.63) is 12.7 Å². The highest BCUT2D eigenvalue weighted by molar-refractivity contribution is 5.13. The fourth-order valence-corrected chi connectivity index (χ4v) is 0.628. The van der Waals surface area contributed by atoms with Crippen LogP contribution in [0.2, 0.25) is 0 Å². The molecule has 1 atom stereocenters. The standard InChI is InChI=1S/C6H3F9/c1-2-3(7,5(10,11)12)4(8,9)6(13,14)15/h2H,1H2. The van der Waals surface area contributed by atoms with Crippen molar-refractivity contribution in [2.24, 2.45) is 0 Å². The molecule has 0 fully saturated rings. The second kappa shape index (κ2) is 3.31. The van der Waals surface area contributed by atoms with Crippen LogP contribution < -0.4 is 0 Å². The number of rotatable bonds is 2. The predicted octanol–water partition coefficient (Wildman–Crippen LogP) is 3.64. The number of halogens is 9. The molecular weight excluding hydrogens is 243 g/mol. The Bertz CT molecular complexity index is 246. The molecule has 0 radical (unpaired) electrons. The molecule has 0 aliphatic carbocycles. The Balaban J connectivity index is 5.61. The fourth-order valence-electron chi connectivity index (χ4n) is 0.628. The molecular formula is C6H3F9. The molecule has 0 bridgehead atoms. The van der Waals surface area contributed by atoms with E-state index in [0.29, 0.717) is 0 Å². The number of hydrogen-bond donors (Lipinski definition) is 0. The minimum atomic E-state index is -6.66. The largest absolute Gasteiger partial charge is 0.457 e. The molecule has 0 aromatic carbocycles. The van der Waals surface area contributed by atoms with Gasteiger partial charge in [0.1, 0.15) is 0 Å². The topological polar surface area (TPSA) is 0 Å². The van der Waals surface area contributed by atoms with E-state index in [1.165, 1.54) is 0 Å². The molecule has 0 aromatic heterocycles. The molecule has 90 valence electrons. The Hall–Kier alpha value is -0.890. The minimum absolute atomic E-state index is 1.11. The average molecular weight is 246 g/mol. The van der Waals surface area contributed by atoms with E-state index in [1.54, 1.807) is 0 Å². The van der Waals surface area contributed by atoms with Gasteiger partial charge in [0.25, 0.3) is 5.67 Å². The zero-order chi connectivity index (χ0) is 12.7. The normalized spacial score (nSPS) is 18.5. The average Bonchev–Trinajstić information content (AvgIpc) is 1.98. The summed E-state index contributed by atoms with van der Waals surface area (Å²) in [6.07, 6.45) is -14.2. The molecule has 0 N–H and O–H groups in total. The zero-order valence-corrected chi connectivity index (χ0v) is 6.69. The Morgan fingerprint density at radius 3 is 1.07 bits per heavy atom. The summed E-state index contributed by atoms with van der Waals surface area (Å²) in [6, 6.07) is 0. The summed E-state index contributed by atoms with van der Waals surface area (Å²) in [6.45, 7) is 2.00. The van der Waals surface area contributed by atoms with Crippen molar-refractivity contribution < 1.29 is 39.5 Å². The van der Waals surface area contributed by atoms with E-state index < -0.39 is 30.0 Å². The zero-order valence-electron chi connectivity index (χ0n) is 6.69. The van der Waals surface area contributed by atoms with Crippen LogP contribution in [0.15, 0.2) is 12.7 Å². The molecule has 0 aliphatic rings. The first kappa shape index (κ1) is 14.1. The molecule has 0 rings (SSSR count). The van der Waals surface area contributed by atoms with E-state index in [1.807, 2.05) is 6.58 Å². The smallest absolute Gasteiger partial charge is 0.222 e. The van der Waals surface area contributed by atoms with Crippen LogP contribution in [0.1, 0.15) is 0 Å². The van der Waals surface area contributed by atoms with E-state index >= 15 is 0 Å². The van der Waals surface area contributed by atoms with Gasteiger partial charge in [0.15, 0.2) is 0 Å². The van der Waals surface area contributed by atoms with Gasteiger partial charge in [-0.25, -0.2) is 4.39 Å². The van der Waals surface area contributed by atoms with Crippen LogP contribution in [-0.4, -0.2) is 23.9 Å². The SMILES string of the molecule is C=CC(F)(C(F)(F)F)C(F)(F)C(F)(F)F. The maximum Gasteiger partial charge on any atom is 0.457 e. The minimum Gasteiger partial charge on any atom is -0.222 e. The summed E-state index contributed by atoms with van der Waals surface area (Å²) >= 11 is 0. The first-order chi connectivity index (χ1) is 6.31. The van der Waals surface area contributed by atoms with E-state index in [2.05, 4.69) is 0 Å². The van der Waals surface area contributed by atoms with Gasteiger partial charge in [-0.05, 0) is 6.08 Å². The fraction of sp³-hybridized carbons (Fsp3) is 0.667. The molecule has 0 saturated heterocycles. The lowest BCUT2D eigenvalue weighted by atomic mass is 9.96. The highest BCUT2D eigenvalue weighted by atomic mass is 19.4. The van der Waals surface area contributed by atoms with E-state index in [0.717, 1.165) is 0 Å². The lowest BCUT2D eigenvalue weighted by Gasteiger charge is -2.33. The molecule has 15 heavy (non-hydrogen) atoms. The summed E-state index contributed by atoms with van der Waals surface area (Å²) in [5, 5.41) is 0. The van der Waals surface area contributed by atoms with Crippen LogP contribution in [0.25, 0.3) is 0 Å². The Labute approximate surface area is 77.4 Å². The first-order valence-corrected chi connectivity index (χ1v) is 3.15. The van der Waals surface area contributed by atoms with Crippen molar-refractivity contribution >= 4 is 0 Å². The van der Waals surface area contributed by atoms with Gasteiger partial charge in [-0.2, -0.15) is 35.1 Å². The van der Waals surface area contributed by atoms with Crippen LogP contribution >= 0.6 is 0 Å². The van der Waals surface area contributed by atoms with E-state index in [4.69, 9.17) is 0 Å². The summed E-state index contributed by atoms with van der Waals surface area (Å²) < 4.78 is 107. The van der Waals surface area contributed by atoms with Gasteiger partial charge in [0, 0.05) is 0 Å². The molecule has 0 aliphatic heterocycles. The highest BCUT2D eigenvalue weighted by Gasteiger charge is 2.79. The molecule has 0 heterocycles. The van der Waals surface area contributed by atoms with Gasteiger partial charge in [-0.3, -0.25) is 0 Å². The highest BCUT2D eigenvalue weighted by Crippen LogP contribution is 2.53. The van der Waals surface area contributed by atoms with Crippen molar-refractivity contribution in [2.45, 2.75) is 23.9 Å². The summed E-state index contributed by atoms with van der Waals surface area (Å²) in [4.78, 5) is 0. The van der Waals surface area contributed by atoms with Gasteiger partial charge in [-0.1, -0.05) is 6.58 Å². The Morgan fingerprint density at radius 1 is 0.667 bits per heavy atom. The molecule has 9 heteroatoms. The van der Waals surface area contributed by atoms with Gasteiger partial charge >= 0.3 is 18.3 Å². The third-order valence-corrected chi connectivity index (χ3v) is 1.51. The summed E-state index contributed by atoms with van der Waals surface area (Å²) in [5.74, 6) is -6.58. The molecule has 0 nitrogen and oxygen atoms in total. The van der Waals surface area contributed by atoms with Crippen LogP contribution in [0.5, 0.6) is 0 Å². The Kier molecular flexibility index (Phi) is 3.11. The monoisotopic (exact) mass is 246 g/mol. The van der Waals surface area contributed by atoms with Crippen molar-refractivity contribution in [3.8, 4) is 0 Å². The Morgan fingerprint density at radius 2 is 1.00 bits per heavy atom.